The number of aliphatic hydroxyl groups is 1. The Morgan fingerprint density at radius 3 is 2.41 bits per heavy atom. The number of methoxy groups -OCH3 is 2. The van der Waals surface area contributed by atoms with Gasteiger partial charge in [-0.3, -0.25) is 4.79 Å². The number of ether oxygens (including phenoxy) is 2. The number of aliphatic hydroxyl groups excluding tert-OH is 1. The quantitative estimate of drug-likeness (QED) is 0.182. The smallest absolute Gasteiger partial charge is 0.303 e. The van der Waals surface area contributed by atoms with Gasteiger partial charge in [0.05, 0.1) is 6.10 Å². The third-order valence-electron chi connectivity index (χ3n) is 6.56. The fourth-order valence-corrected chi connectivity index (χ4v) is 4.61. The summed E-state index contributed by atoms with van der Waals surface area (Å²) < 4.78 is 11.6. The highest BCUT2D eigenvalue weighted by Gasteiger charge is 2.37. The topological polar surface area (TPSA) is 76.0 Å². The third-order valence-corrected chi connectivity index (χ3v) is 6.56. The zero-order chi connectivity index (χ0) is 21.5. The normalized spacial score (nSPS) is 22.6. The first kappa shape index (κ1) is 26.1. The van der Waals surface area contributed by atoms with Crippen LogP contribution in [-0.2, 0) is 14.3 Å². The molecule has 0 bridgehead atoms. The van der Waals surface area contributed by atoms with Crippen molar-refractivity contribution in [3.63, 3.8) is 0 Å². The maximum absolute atomic E-state index is 10.6. The average molecular weight is 413 g/mol. The van der Waals surface area contributed by atoms with Gasteiger partial charge in [-0.25, -0.2) is 0 Å². The minimum Gasteiger partial charge on any atom is -0.481 e. The predicted octanol–water partition coefficient (Wildman–Crippen LogP) is 5.70. The van der Waals surface area contributed by atoms with Crippen molar-refractivity contribution < 1.29 is 24.5 Å². The van der Waals surface area contributed by atoms with Gasteiger partial charge in [-0.15, -0.1) is 0 Å². The lowest BCUT2D eigenvalue weighted by Crippen LogP contribution is -2.35. The standard InChI is InChI=1S/C24H44O5/c1-4-5-6-9-12-18-24(28-2,29-3)19-17-21-20(15-16-22(21)25)13-10-7-8-11-14-23(26)27/h7,10,20-22,25H,4-6,8-9,11-19H2,1-3H3,(H,26,27)/b10-7-/t20-,21+,22+/m0/s1. The minimum atomic E-state index is -0.734. The number of carboxylic acids is 1. The van der Waals surface area contributed by atoms with Crippen molar-refractivity contribution in [1.29, 1.82) is 0 Å². The Labute approximate surface area is 177 Å². The number of rotatable bonds is 17. The lowest BCUT2D eigenvalue weighted by molar-refractivity contribution is -0.218. The molecular formula is C24H44O5. The third kappa shape index (κ3) is 10.1. The van der Waals surface area contributed by atoms with Gasteiger partial charge in [-0.05, 0) is 56.8 Å². The molecule has 2 N–H and O–H groups in total. The zero-order valence-corrected chi connectivity index (χ0v) is 18.9. The molecule has 0 aromatic heterocycles. The van der Waals surface area contributed by atoms with E-state index in [2.05, 4.69) is 19.1 Å². The van der Waals surface area contributed by atoms with Gasteiger partial charge in [-0.2, -0.15) is 0 Å². The Morgan fingerprint density at radius 1 is 1.03 bits per heavy atom. The van der Waals surface area contributed by atoms with E-state index < -0.39 is 11.8 Å². The molecule has 170 valence electrons. The van der Waals surface area contributed by atoms with Gasteiger partial charge in [0, 0.05) is 33.5 Å². The molecule has 5 nitrogen and oxygen atoms in total. The number of hydrogen-bond donors (Lipinski definition) is 2. The maximum atomic E-state index is 10.6. The van der Waals surface area contributed by atoms with E-state index in [1.165, 1.54) is 25.7 Å². The van der Waals surface area contributed by atoms with Gasteiger partial charge in [0.1, 0.15) is 0 Å². The molecule has 1 rings (SSSR count). The number of carbonyl (C=O) groups is 1. The van der Waals surface area contributed by atoms with E-state index >= 15 is 0 Å². The fourth-order valence-electron chi connectivity index (χ4n) is 4.61. The van der Waals surface area contributed by atoms with Crippen molar-refractivity contribution in [3.05, 3.63) is 12.2 Å². The fraction of sp³-hybridized carbons (Fsp3) is 0.875. The van der Waals surface area contributed by atoms with Crippen molar-refractivity contribution >= 4 is 5.97 Å². The first-order valence-corrected chi connectivity index (χ1v) is 11.6. The highest BCUT2D eigenvalue weighted by Crippen LogP contribution is 2.40. The van der Waals surface area contributed by atoms with Gasteiger partial charge in [0.25, 0.3) is 0 Å². The Balaban J connectivity index is 2.47. The van der Waals surface area contributed by atoms with Gasteiger partial charge >= 0.3 is 5.97 Å². The first-order valence-electron chi connectivity index (χ1n) is 11.6. The Kier molecular flexibility index (Phi) is 13.5. The summed E-state index contributed by atoms with van der Waals surface area (Å²) in [7, 11) is 3.47. The molecule has 0 aromatic carbocycles. The largest absolute Gasteiger partial charge is 0.481 e. The molecular weight excluding hydrogens is 368 g/mol. The van der Waals surface area contributed by atoms with Crippen molar-refractivity contribution in [2.24, 2.45) is 11.8 Å². The van der Waals surface area contributed by atoms with E-state index in [1.807, 2.05) is 0 Å². The highest BCUT2D eigenvalue weighted by molar-refractivity contribution is 5.66. The van der Waals surface area contributed by atoms with E-state index in [4.69, 9.17) is 14.6 Å². The summed E-state index contributed by atoms with van der Waals surface area (Å²) in [6.07, 6.45) is 17.4. The van der Waals surface area contributed by atoms with Crippen LogP contribution in [0.2, 0.25) is 0 Å². The summed E-state index contributed by atoms with van der Waals surface area (Å²) in [5, 5.41) is 19.2. The Morgan fingerprint density at radius 2 is 1.76 bits per heavy atom. The van der Waals surface area contributed by atoms with Crippen LogP contribution in [0.5, 0.6) is 0 Å². The van der Waals surface area contributed by atoms with E-state index in [1.54, 1.807) is 14.2 Å². The number of aliphatic carboxylic acids is 1. The van der Waals surface area contributed by atoms with Gasteiger partial charge in [0.15, 0.2) is 5.79 Å². The molecule has 0 amide bonds. The molecule has 0 spiro atoms. The number of unbranched alkanes of at least 4 members (excludes halogenated alkanes) is 5. The van der Waals surface area contributed by atoms with Crippen LogP contribution in [0.1, 0.15) is 96.8 Å². The van der Waals surface area contributed by atoms with Crippen LogP contribution in [-0.4, -0.2) is 42.3 Å². The summed E-state index contributed by atoms with van der Waals surface area (Å²) >= 11 is 0. The maximum Gasteiger partial charge on any atom is 0.303 e. The van der Waals surface area contributed by atoms with Gasteiger partial charge in [0.2, 0.25) is 0 Å². The molecule has 0 heterocycles. The van der Waals surface area contributed by atoms with Crippen molar-refractivity contribution in [1.82, 2.24) is 0 Å². The van der Waals surface area contributed by atoms with Crippen molar-refractivity contribution in [2.75, 3.05) is 14.2 Å². The van der Waals surface area contributed by atoms with Crippen LogP contribution in [0.4, 0.5) is 0 Å². The monoisotopic (exact) mass is 412 g/mol. The second kappa shape index (κ2) is 15.0. The second-order valence-corrected chi connectivity index (χ2v) is 8.58. The van der Waals surface area contributed by atoms with Gasteiger partial charge in [-0.1, -0.05) is 44.8 Å². The number of allylic oxidation sites excluding steroid dienone is 2. The van der Waals surface area contributed by atoms with Crippen molar-refractivity contribution in [2.45, 2.75) is 109 Å². The molecule has 0 aromatic rings. The molecule has 0 aliphatic heterocycles. The summed E-state index contributed by atoms with van der Waals surface area (Å²) in [5.41, 5.74) is 0. The molecule has 1 saturated carbocycles. The molecule has 1 aliphatic carbocycles. The molecule has 1 fully saturated rings. The molecule has 3 atom stereocenters. The lowest BCUT2D eigenvalue weighted by atomic mass is 9.85. The van der Waals surface area contributed by atoms with Crippen molar-refractivity contribution in [3.8, 4) is 0 Å². The lowest BCUT2D eigenvalue weighted by Gasteiger charge is -2.33. The van der Waals surface area contributed by atoms with Crippen LogP contribution < -0.4 is 0 Å². The summed E-state index contributed by atoms with van der Waals surface area (Å²) in [5.74, 6) is -0.506. The summed E-state index contributed by atoms with van der Waals surface area (Å²) in [6.45, 7) is 2.23. The highest BCUT2D eigenvalue weighted by atomic mass is 16.7. The van der Waals surface area contributed by atoms with Crippen LogP contribution in [0, 0.1) is 11.8 Å². The van der Waals surface area contributed by atoms with E-state index in [-0.39, 0.29) is 18.4 Å². The SMILES string of the molecule is CCCCCCCC(CC[C@@H]1[C@@H](C/C=C\CCCC(=O)O)CC[C@H]1O)(OC)OC. The second-order valence-electron chi connectivity index (χ2n) is 8.58. The molecule has 1 aliphatic rings. The molecule has 0 unspecified atom stereocenters. The van der Waals surface area contributed by atoms with Crippen LogP contribution in [0.3, 0.4) is 0 Å². The molecule has 0 saturated heterocycles. The zero-order valence-electron chi connectivity index (χ0n) is 18.9. The molecule has 5 heteroatoms. The van der Waals surface area contributed by atoms with Gasteiger partial charge < -0.3 is 19.7 Å². The Hall–Kier alpha value is -0.910. The summed E-state index contributed by atoms with van der Waals surface area (Å²) in [6, 6.07) is 0. The Bertz CT molecular complexity index is 458. The minimum absolute atomic E-state index is 0.226. The van der Waals surface area contributed by atoms with E-state index in [0.717, 1.165) is 51.4 Å². The predicted molar refractivity (Wildman–Crippen MR) is 117 cm³/mol. The van der Waals surface area contributed by atoms with Crippen LogP contribution in [0.25, 0.3) is 0 Å². The number of hydrogen-bond acceptors (Lipinski definition) is 4. The van der Waals surface area contributed by atoms with Crippen LogP contribution >= 0.6 is 0 Å². The summed E-state index contributed by atoms with van der Waals surface area (Å²) in [4.78, 5) is 10.6. The first-order chi connectivity index (χ1) is 14.0. The molecule has 29 heavy (non-hydrogen) atoms. The average Bonchev–Trinajstić information content (AvgIpc) is 3.06. The van der Waals surface area contributed by atoms with E-state index in [0.29, 0.717) is 12.3 Å². The van der Waals surface area contributed by atoms with Crippen LogP contribution in [0.15, 0.2) is 12.2 Å². The number of carboxylic acid groups (broad SMARTS) is 1. The molecule has 0 radical (unpaired) electrons. The van der Waals surface area contributed by atoms with E-state index in [9.17, 15) is 9.90 Å².